The van der Waals surface area contributed by atoms with Crippen molar-refractivity contribution in [2.45, 2.75) is 51.7 Å². The van der Waals surface area contributed by atoms with Crippen LogP contribution in [-0.4, -0.2) is 35.7 Å². The molecular formula is C28H31ClFNO5. The molecule has 1 atom stereocenters. The van der Waals surface area contributed by atoms with Gasteiger partial charge in [0.2, 0.25) is 0 Å². The normalized spacial score (nSPS) is 13.1. The second-order valence-corrected chi connectivity index (χ2v) is 10.1. The molecule has 36 heavy (non-hydrogen) atoms. The van der Waals surface area contributed by atoms with Crippen molar-refractivity contribution < 1.29 is 28.5 Å². The van der Waals surface area contributed by atoms with Crippen LogP contribution in [-0.2, 0) is 5.60 Å². The fraction of sp³-hybridized carbons (Fsp3) is 0.357. The topological polar surface area (TPSA) is 77.9 Å². The Hall–Kier alpha value is -3.16. The van der Waals surface area contributed by atoms with Crippen LogP contribution >= 0.6 is 11.6 Å². The molecule has 0 saturated heterocycles. The van der Waals surface area contributed by atoms with Gasteiger partial charge in [-0.2, -0.15) is 0 Å². The summed E-state index contributed by atoms with van der Waals surface area (Å²) >= 11 is 5.95. The molecule has 3 rings (SSSR count). The summed E-state index contributed by atoms with van der Waals surface area (Å²) in [5.41, 5.74) is -0.0912. The molecule has 0 fully saturated rings. The van der Waals surface area contributed by atoms with Crippen LogP contribution < -0.4 is 14.2 Å². The standard InChI is InChI=1S/C28H31ClFNO5/c1-27(2,3)36-22-10-8-17(16-24(22)35-6)21(32)13-14-28(4,33)25-12-11-23(34-5)26(31-25)18-7-9-20(30)19(29)15-18/h7-12,15-16,33H,13-14H2,1-6H3. The van der Waals surface area contributed by atoms with Crippen LogP contribution in [0.5, 0.6) is 17.2 Å². The van der Waals surface area contributed by atoms with Crippen molar-refractivity contribution >= 4 is 17.4 Å². The van der Waals surface area contributed by atoms with Gasteiger partial charge in [0.05, 0.1) is 24.9 Å². The Labute approximate surface area is 216 Å². The molecule has 6 nitrogen and oxygen atoms in total. The van der Waals surface area contributed by atoms with E-state index in [0.29, 0.717) is 39.8 Å². The van der Waals surface area contributed by atoms with E-state index in [1.165, 1.54) is 32.4 Å². The van der Waals surface area contributed by atoms with Gasteiger partial charge >= 0.3 is 0 Å². The Kier molecular flexibility index (Phi) is 8.26. The molecule has 2 aromatic carbocycles. The van der Waals surface area contributed by atoms with Crippen LogP contribution in [0.15, 0.2) is 48.5 Å². The number of halogens is 2. The summed E-state index contributed by atoms with van der Waals surface area (Å²) in [5.74, 6) is 0.745. The lowest BCUT2D eigenvalue weighted by atomic mass is 9.92. The molecule has 0 spiro atoms. The molecule has 0 bridgehead atoms. The summed E-state index contributed by atoms with van der Waals surface area (Å²) in [7, 11) is 3.01. The largest absolute Gasteiger partial charge is 0.494 e. The number of hydrogen-bond acceptors (Lipinski definition) is 6. The molecule has 0 radical (unpaired) electrons. The highest BCUT2D eigenvalue weighted by atomic mass is 35.5. The number of carbonyl (C=O) groups is 1. The number of ether oxygens (including phenoxy) is 3. The Morgan fingerprint density at radius 1 is 0.972 bits per heavy atom. The molecule has 0 saturated carbocycles. The molecule has 0 aliphatic carbocycles. The first-order chi connectivity index (χ1) is 16.8. The van der Waals surface area contributed by atoms with Crippen LogP contribution in [0.2, 0.25) is 5.02 Å². The number of carbonyl (C=O) groups excluding carboxylic acids is 1. The van der Waals surface area contributed by atoms with Crippen molar-refractivity contribution in [3.8, 4) is 28.5 Å². The molecule has 8 heteroatoms. The van der Waals surface area contributed by atoms with Crippen LogP contribution in [0, 0.1) is 5.82 Å². The third-order valence-corrected chi connectivity index (χ3v) is 5.85. The Balaban J connectivity index is 1.81. The van der Waals surface area contributed by atoms with E-state index in [4.69, 9.17) is 25.8 Å². The maximum absolute atomic E-state index is 13.7. The lowest BCUT2D eigenvalue weighted by Crippen LogP contribution is -2.24. The fourth-order valence-corrected chi connectivity index (χ4v) is 3.83. The van der Waals surface area contributed by atoms with E-state index < -0.39 is 17.0 Å². The second-order valence-electron chi connectivity index (χ2n) is 9.65. The van der Waals surface area contributed by atoms with E-state index >= 15 is 0 Å². The van der Waals surface area contributed by atoms with Crippen molar-refractivity contribution in [2.24, 2.45) is 0 Å². The minimum absolute atomic E-state index is 0.0477. The van der Waals surface area contributed by atoms with E-state index in [0.717, 1.165) is 0 Å². The molecule has 0 amide bonds. The quantitative estimate of drug-likeness (QED) is 0.323. The van der Waals surface area contributed by atoms with Gasteiger partial charge in [-0.05, 0) is 82.6 Å². The van der Waals surface area contributed by atoms with Gasteiger partial charge in [-0.1, -0.05) is 11.6 Å². The maximum Gasteiger partial charge on any atom is 0.163 e. The van der Waals surface area contributed by atoms with Crippen LogP contribution in [0.25, 0.3) is 11.3 Å². The fourth-order valence-electron chi connectivity index (χ4n) is 3.65. The average Bonchev–Trinajstić information content (AvgIpc) is 2.83. The van der Waals surface area contributed by atoms with Crippen molar-refractivity contribution in [2.75, 3.05) is 14.2 Å². The first kappa shape index (κ1) is 27.4. The highest BCUT2D eigenvalue weighted by molar-refractivity contribution is 6.31. The number of rotatable bonds is 9. The van der Waals surface area contributed by atoms with E-state index in [2.05, 4.69) is 4.98 Å². The van der Waals surface area contributed by atoms with E-state index in [1.54, 1.807) is 37.3 Å². The minimum atomic E-state index is -1.42. The molecule has 0 aliphatic heterocycles. The number of ketones is 1. The zero-order chi connectivity index (χ0) is 26.7. The molecule has 1 unspecified atom stereocenters. The minimum Gasteiger partial charge on any atom is -0.494 e. The summed E-state index contributed by atoms with van der Waals surface area (Å²) in [6.45, 7) is 7.38. The lowest BCUT2D eigenvalue weighted by Gasteiger charge is -2.24. The Morgan fingerprint density at radius 2 is 1.64 bits per heavy atom. The number of methoxy groups -OCH3 is 2. The summed E-state index contributed by atoms with van der Waals surface area (Å²) in [5, 5.41) is 11.2. The average molecular weight is 516 g/mol. The number of pyridine rings is 1. The zero-order valence-electron chi connectivity index (χ0n) is 21.3. The first-order valence-corrected chi connectivity index (χ1v) is 11.9. The smallest absolute Gasteiger partial charge is 0.163 e. The molecule has 1 heterocycles. The second kappa shape index (κ2) is 10.8. The third kappa shape index (κ3) is 6.53. The number of hydrogen-bond donors (Lipinski definition) is 1. The lowest BCUT2D eigenvalue weighted by molar-refractivity contribution is 0.0397. The van der Waals surface area contributed by atoms with E-state index in [9.17, 15) is 14.3 Å². The van der Waals surface area contributed by atoms with Crippen molar-refractivity contribution in [3.63, 3.8) is 0 Å². The van der Waals surface area contributed by atoms with Crippen LogP contribution in [0.4, 0.5) is 4.39 Å². The highest BCUT2D eigenvalue weighted by Crippen LogP contribution is 2.35. The van der Waals surface area contributed by atoms with Gasteiger partial charge in [0, 0.05) is 17.5 Å². The molecular weight excluding hydrogens is 485 g/mol. The maximum atomic E-state index is 13.7. The van der Waals surface area contributed by atoms with Crippen LogP contribution in [0.1, 0.15) is 56.6 Å². The summed E-state index contributed by atoms with van der Waals surface area (Å²) in [6, 6.07) is 12.6. The Morgan fingerprint density at radius 3 is 2.25 bits per heavy atom. The summed E-state index contributed by atoms with van der Waals surface area (Å²) < 4.78 is 30.3. The highest BCUT2D eigenvalue weighted by Gasteiger charge is 2.28. The van der Waals surface area contributed by atoms with Gasteiger partial charge in [-0.15, -0.1) is 0 Å². The summed E-state index contributed by atoms with van der Waals surface area (Å²) in [4.78, 5) is 17.5. The molecule has 0 aliphatic rings. The van der Waals surface area contributed by atoms with Gasteiger partial charge in [0.15, 0.2) is 17.3 Å². The van der Waals surface area contributed by atoms with Gasteiger partial charge in [-0.25, -0.2) is 9.37 Å². The van der Waals surface area contributed by atoms with Gasteiger partial charge in [-0.3, -0.25) is 4.79 Å². The van der Waals surface area contributed by atoms with Crippen LogP contribution in [0.3, 0.4) is 0 Å². The van der Waals surface area contributed by atoms with Crippen molar-refractivity contribution in [1.29, 1.82) is 0 Å². The third-order valence-electron chi connectivity index (χ3n) is 5.56. The molecule has 1 aromatic heterocycles. The number of benzene rings is 2. The summed E-state index contributed by atoms with van der Waals surface area (Å²) in [6.07, 6.45) is 0.193. The monoisotopic (exact) mass is 515 g/mol. The number of aromatic nitrogens is 1. The van der Waals surface area contributed by atoms with Crippen molar-refractivity contribution in [1.82, 2.24) is 4.98 Å². The first-order valence-electron chi connectivity index (χ1n) is 11.5. The molecule has 192 valence electrons. The predicted octanol–water partition coefficient (Wildman–Crippen LogP) is 6.61. The molecule has 1 N–H and O–H groups in total. The van der Waals surface area contributed by atoms with Gasteiger partial charge < -0.3 is 19.3 Å². The van der Waals surface area contributed by atoms with E-state index in [-0.39, 0.29) is 23.6 Å². The number of Topliss-reactive ketones (excluding diaryl/α,β-unsaturated/α-hetero) is 1. The SMILES string of the molecule is COc1cc(C(=O)CCC(C)(O)c2ccc(OC)c(-c3ccc(F)c(Cl)c3)n2)ccc1OC(C)(C)C. The number of nitrogens with zero attached hydrogens (tertiary/aromatic N) is 1. The van der Waals surface area contributed by atoms with E-state index in [1.807, 2.05) is 20.8 Å². The van der Waals surface area contributed by atoms with Gasteiger partial charge in [0.25, 0.3) is 0 Å². The van der Waals surface area contributed by atoms with Gasteiger partial charge in [0.1, 0.15) is 28.5 Å². The zero-order valence-corrected chi connectivity index (χ0v) is 22.1. The van der Waals surface area contributed by atoms with Crippen molar-refractivity contribution in [3.05, 3.63) is 70.6 Å². The molecule has 3 aromatic rings. The number of aliphatic hydroxyl groups is 1. The predicted molar refractivity (Wildman–Crippen MR) is 138 cm³/mol. The Bertz CT molecular complexity index is 1250.